The molecule has 0 aromatic carbocycles. The summed E-state index contributed by atoms with van der Waals surface area (Å²) < 4.78 is 4.71. The number of ether oxygens (including phenoxy) is 1. The molecule has 0 radical (unpaired) electrons. The molecule has 0 saturated heterocycles. The SMILES string of the molecule is CCOC(=O)CC(C)C(N)=S. The van der Waals surface area contributed by atoms with Gasteiger partial charge in [-0.3, -0.25) is 4.79 Å². The maximum Gasteiger partial charge on any atom is 0.306 e. The van der Waals surface area contributed by atoms with Crippen molar-refractivity contribution in [1.82, 2.24) is 0 Å². The zero-order valence-electron chi connectivity index (χ0n) is 6.79. The molecule has 1 atom stereocenters. The normalized spacial score (nSPS) is 12.2. The summed E-state index contributed by atoms with van der Waals surface area (Å²) >= 11 is 4.69. The molecule has 0 heterocycles. The minimum Gasteiger partial charge on any atom is -0.466 e. The van der Waals surface area contributed by atoms with Crippen LogP contribution in [-0.4, -0.2) is 17.6 Å². The van der Waals surface area contributed by atoms with Crippen LogP contribution in [0.4, 0.5) is 0 Å². The molecule has 11 heavy (non-hydrogen) atoms. The topological polar surface area (TPSA) is 52.3 Å². The summed E-state index contributed by atoms with van der Waals surface area (Å²) in [6.07, 6.45) is 0.281. The molecule has 1 unspecified atom stereocenters. The molecule has 0 aliphatic carbocycles. The Morgan fingerprint density at radius 1 is 1.73 bits per heavy atom. The Labute approximate surface area is 71.9 Å². The summed E-state index contributed by atoms with van der Waals surface area (Å²) in [4.78, 5) is 11.2. The van der Waals surface area contributed by atoms with Crippen molar-refractivity contribution in [3.8, 4) is 0 Å². The molecule has 0 aliphatic rings. The van der Waals surface area contributed by atoms with E-state index in [0.717, 1.165) is 0 Å². The first-order chi connectivity index (χ1) is 5.07. The van der Waals surface area contributed by atoms with E-state index in [1.165, 1.54) is 0 Å². The van der Waals surface area contributed by atoms with Gasteiger partial charge in [0.1, 0.15) is 0 Å². The first-order valence-corrected chi connectivity index (χ1v) is 3.93. The van der Waals surface area contributed by atoms with E-state index in [2.05, 4.69) is 0 Å². The molecule has 0 saturated carbocycles. The van der Waals surface area contributed by atoms with Crippen molar-refractivity contribution in [2.75, 3.05) is 6.61 Å². The number of thiocarbonyl (C=S) groups is 1. The van der Waals surface area contributed by atoms with Gasteiger partial charge in [-0.1, -0.05) is 19.1 Å². The van der Waals surface area contributed by atoms with E-state index in [1.807, 2.05) is 0 Å². The monoisotopic (exact) mass is 175 g/mol. The van der Waals surface area contributed by atoms with Crippen molar-refractivity contribution >= 4 is 23.2 Å². The highest BCUT2D eigenvalue weighted by atomic mass is 32.1. The summed E-state index contributed by atoms with van der Waals surface area (Å²) in [6.45, 7) is 3.98. The summed E-state index contributed by atoms with van der Waals surface area (Å²) in [5, 5.41) is 0. The van der Waals surface area contributed by atoms with Crippen LogP contribution in [0, 0.1) is 5.92 Å². The van der Waals surface area contributed by atoms with Crippen molar-refractivity contribution in [1.29, 1.82) is 0 Å². The lowest BCUT2D eigenvalue weighted by Crippen LogP contribution is -2.22. The van der Waals surface area contributed by atoms with E-state index in [9.17, 15) is 4.79 Å². The van der Waals surface area contributed by atoms with Crippen LogP contribution in [0.5, 0.6) is 0 Å². The van der Waals surface area contributed by atoms with Gasteiger partial charge in [-0.2, -0.15) is 0 Å². The van der Waals surface area contributed by atoms with Gasteiger partial charge in [-0.25, -0.2) is 0 Å². The Balaban J connectivity index is 3.66. The molecule has 3 nitrogen and oxygen atoms in total. The summed E-state index contributed by atoms with van der Waals surface area (Å²) in [6, 6.07) is 0. The second-order valence-electron chi connectivity index (χ2n) is 2.31. The zero-order chi connectivity index (χ0) is 8.85. The molecule has 0 fully saturated rings. The molecular weight excluding hydrogens is 162 g/mol. The number of hydrogen-bond donors (Lipinski definition) is 1. The average molecular weight is 175 g/mol. The van der Waals surface area contributed by atoms with Gasteiger partial charge in [0.2, 0.25) is 0 Å². The third kappa shape index (κ3) is 4.72. The van der Waals surface area contributed by atoms with Gasteiger partial charge >= 0.3 is 5.97 Å². The van der Waals surface area contributed by atoms with Gasteiger partial charge in [0, 0.05) is 5.92 Å². The number of rotatable bonds is 4. The van der Waals surface area contributed by atoms with Crippen molar-refractivity contribution < 1.29 is 9.53 Å². The lowest BCUT2D eigenvalue weighted by Gasteiger charge is -2.07. The third-order valence-corrected chi connectivity index (χ3v) is 1.67. The number of hydrogen-bond acceptors (Lipinski definition) is 3. The summed E-state index contributed by atoms with van der Waals surface area (Å²) in [7, 11) is 0. The van der Waals surface area contributed by atoms with Crippen LogP contribution in [0.15, 0.2) is 0 Å². The molecule has 0 aliphatic heterocycles. The van der Waals surface area contributed by atoms with Gasteiger partial charge in [0.05, 0.1) is 18.0 Å². The van der Waals surface area contributed by atoms with E-state index >= 15 is 0 Å². The van der Waals surface area contributed by atoms with Crippen molar-refractivity contribution in [2.24, 2.45) is 11.7 Å². The van der Waals surface area contributed by atoms with Gasteiger partial charge in [-0.15, -0.1) is 0 Å². The van der Waals surface area contributed by atoms with E-state index < -0.39 is 0 Å². The first kappa shape index (κ1) is 10.4. The standard InChI is InChI=1S/C7H13NO2S/c1-3-10-6(9)4-5(2)7(8)11/h5H,3-4H2,1-2H3,(H2,8,11). The van der Waals surface area contributed by atoms with Gasteiger partial charge < -0.3 is 10.5 Å². The fraction of sp³-hybridized carbons (Fsp3) is 0.714. The molecule has 0 spiro atoms. The molecule has 0 amide bonds. The van der Waals surface area contributed by atoms with Crippen LogP contribution in [0.2, 0.25) is 0 Å². The van der Waals surface area contributed by atoms with E-state index in [0.29, 0.717) is 11.6 Å². The Kier molecular flexibility index (Phi) is 4.77. The number of carbonyl (C=O) groups excluding carboxylic acids is 1. The second kappa shape index (κ2) is 5.07. The predicted molar refractivity (Wildman–Crippen MR) is 47.2 cm³/mol. The van der Waals surface area contributed by atoms with Crippen molar-refractivity contribution in [3.63, 3.8) is 0 Å². The molecule has 0 aromatic rings. The maximum atomic E-state index is 10.8. The Morgan fingerprint density at radius 2 is 2.27 bits per heavy atom. The number of esters is 1. The Bertz CT molecular complexity index is 159. The lowest BCUT2D eigenvalue weighted by molar-refractivity contribution is -0.143. The fourth-order valence-electron chi connectivity index (χ4n) is 0.571. The Hall–Kier alpha value is -0.640. The second-order valence-corrected chi connectivity index (χ2v) is 2.78. The molecule has 0 aromatic heterocycles. The van der Waals surface area contributed by atoms with Crippen LogP contribution >= 0.6 is 12.2 Å². The highest BCUT2D eigenvalue weighted by molar-refractivity contribution is 7.80. The highest BCUT2D eigenvalue weighted by Crippen LogP contribution is 2.02. The van der Waals surface area contributed by atoms with Gasteiger partial charge in [-0.05, 0) is 6.92 Å². The predicted octanol–water partition coefficient (Wildman–Crippen LogP) is 0.862. The van der Waals surface area contributed by atoms with E-state index in [-0.39, 0.29) is 18.3 Å². The van der Waals surface area contributed by atoms with Gasteiger partial charge in [0.15, 0.2) is 0 Å². The molecule has 4 heteroatoms. The third-order valence-electron chi connectivity index (χ3n) is 1.26. The number of nitrogens with two attached hydrogens (primary N) is 1. The van der Waals surface area contributed by atoms with E-state index in [1.54, 1.807) is 13.8 Å². The minimum absolute atomic E-state index is 0.0657. The largest absolute Gasteiger partial charge is 0.466 e. The van der Waals surface area contributed by atoms with Crippen molar-refractivity contribution in [2.45, 2.75) is 20.3 Å². The summed E-state index contributed by atoms with van der Waals surface area (Å²) in [5.41, 5.74) is 5.30. The summed E-state index contributed by atoms with van der Waals surface area (Å²) in [5.74, 6) is -0.308. The zero-order valence-corrected chi connectivity index (χ0v) is 7.61. The highest BCUT2D eigenvalue weighted by Gasteiger charge is 2.11. The molecule has 0 bridgehead atoms. The van der Waals surface area contributed by atoms with Gasteiger partial charge in [0.25, 0.3) is 0 Å². The first-order valence-electron chi connectivity index (χ1n) is 3.52. The van der Waals surface area contributed by atoms with Crippen molar-refractivity contribution in [3.05, 3.63) is 0 Å². The van der Waals surface area contributed by atoms with Crippen LogP contribution < -0.4 is 5.73 Å². The molecule has 64 valence electrons. The number of carbonyl (C=O) groups is 1. The molecule has 0 rings (SSSR count). The smallest absolute Gasteiger partial charge is 0.306 e. The fourth-order valence-corrected chi connectivity index (χ4v) is 0.654. The van der Waals surface area contributed by atoms with Crippen LogP contribution in [-0.2, 0) is 9.53 Å². The average Bonchev–Trinajstić information content (AvgIpc) is 1.87. The molecular formula is C7H13NO2S. The van der Waals surface area contributed by atoms with Crippen LogP contribution in [0.25, 0.3) is 0 Å². The quantitative estimate of drug-likeness (QED) is 0.508. The molecule has 2 N–H and O–H groups in total. The van der Waals surface area contributed by atoms with E-state index in [4.69, 9.17) is 22.7 Å². The Morgan fingerprint density at radius 3 is 2.64 bits per heavy atom. The van der Waals surface area contributed by atoms with Crippen LogP contribution in [0.3, 0.4) is 0 Å². The lowest BCUT2D eigenvalue weighted by atomic mass is 10.1. The maximum absolute atomic E-state index is 10.8. The minimum atomic E-state index is -0.243. The van der Waals surface area contributed by atoms with Crippen LogP contribution in [0.1, 0.15) is 20.3 Å².